The molecule has 9 heavy (non-hydrogen) atoms. The van der Waals surface area contributed by atoms with Crippen LogP contribution < -0.4 is 0 Å². The van der Waals surface area contributed by atoms with Crippen molar-refractivity contribution >= 4 is 0 Å². The third-order valence-electron chi connectivity index (χ3n) is 0.713. The molecule has 0 aliphatic rings. The molecule has 0 rings (SSSR count). The summed E-state index contributed by atoms with van der Waals surface area (Å²) in [7, 11) is 0. The van der Waals surface area contributed by atoms with Gasteiger partial charge in [-0.25, -0.2) is 0 Å². The molecule has 0 aromatic heterocycles. The minimum Gasteiger partial charge on any atom is -0.193 e. The lowest BCUT2D eigenvalue weighted by Crippen LogP contribution is -1.63. The fraction of sp³-hybridized carbons (Fsp3) is 0.143. The van der Waals surface area contributed by atoms with Crippen molar-refractivity contribution in [2.75, 3.05) is 0 Å². The molecule has 0 atom stereocenters. The number of nitriles is 2. The van der Waals surface area contributed by atoms with Crippen LogP contribution in [0.3, 0.4) is 0 Å². The van der Waals surface area contributed by atoms with Gasteiger partial charge in [0.2, 0.25) is 0 Å². The van der Waals surface area contributed by atoms with Crippen LogP contribution in [0.2, 0.25) is 0 Å². The molecule has 2 nitrogen and oxygen atoms in total. The van der Waals surface area contributed by atoms with E-state index in [0.29, 0.717) is 0 Å². The molecule has 0 amide bonds. The minimum absolute atomic E-state index is 0.791. The summed E-state index contributed by atoms with van der Waals surface area (Å²) in [6.45, 7) is 1.76. The van der Waals surface area contributed by atoms with Crippen molar-refractivity contribution in [1.29, 1.82) is 10.5 Å². The topological polar surface area (TPSA) is 47.6 Å². The predicted molar refractivity (Wildman–Crippen MR) is 34.1 cm³/mol. The summed E-state index contributed by atoms with van der Waals surface area (Å²) in [4.78, 5) is 0. The zero-order valence-electron chi connectivity index (χ0n) is 5.13. The molecule has 0 fully saturated rings. The number of hydrogen-bond acceptors (Lipinski definition) is 2. The molecular formula is C7H6N2. The van der Waals surface area contributed by atoms with Gasteiger partial charge in [0.1, 0.15) is 0 Å². The van der Waals surface area contributed by atoms with Gasteiger partial charge in [-0.15, -0.1) is 0 Å². The summed E-state index contributed by atoms with van der Waals surface area (Å²) in [6, 6.07) is 3.68. The summed E-state index contributed by atoms with van der Waals surface area (Å²) in [6.07, 6.45) is 4.31. The number of rotatable bonds is 1. The molecule has 44 valence electrons. The highest BCUT2D eigenvalue weighted by Crippen LogP contribution is 1.91. The second-order valence-electron chi connectivity index (χ2n) is 1.48. The van der Waals surface area contributed by atoms with Gasteiger partial charge < -0.3 is 0 Å². The molecule has 0 saturated heterocycles. The average Bonchev–Trinajstić information content (AvgIpc) is 1.85. The van der Waals surface area contributed by atoms with E-state index in [2.05, 4.69) is 0 Å². The molecule has 0 saturated carbocycles. The van der Waals surface area contributed by atoms with Crippen molar-refractivity contribution in [3.05, 3.63) is 23.8 Å². The normalized spacial score (nSPS) is 10.8. The Hall–Kier alpha value is -1.54. The molecule has 0 unspecified atom stereocenters. The smallest absolute Gasteiger partial charge is 0.0914 e. The van der Waals surface area contributed by atoms with E-state index < -0.39 is 0 Å². The Morgan fingerprint density at radius 2 is 2.00 bits per heavy atom. The van der Waals surface area contributed by atoms with Crippen molar-refractivity contribution in [2.45, 2.75) is 6.92 Å². The van der Waals surface area contributed by atoms with E-state index in [1.54, 1.807) is 13.0 Å². The van der Waals surface area contributed by atoms with Gasteiger partial charge in [-0.1, -0.05) is 0 Å². The van der Waals surface area contributed by atoms with Crippen LogP contribution in [0.1, 0.15) is 6.92 Å². The second-order valence-corrected chi connectivity index (χ2v) is 1.48. The Labute approximate surface area is 54.3 Å². The van der Waals surface area contributed by atoms with Crippen molar-refractivity contribution in [1.82, 2.24) is 0 Å². The van der Waals surface area contributed by atoms with Crippen molar-refractivity contribution in [3.8, 4) is 12.1 Å². The first-order valence-electron chi connectivity index (χ1n) is 2.44. The van der Waals surface area contributed by atoms with Gasteiger partial charge in [0, 0.05) is 12.2 Å². The monoisotopic (exact) mass is 118 g/mol. The highest BCUT2D eigenvalue weighted by molar-refractivity contribution is 5.25. The fourth-order valence-electron chi connectivity index (χ4n) is 0.319. The van der Waals surface area contributed by atoms with Crippen LogP contribution >= 0.6 is 0 Å². The van der Waals surface area contributed by atoms with Crippen molar-refractivity contribution < 1.29 is 0 Å². The Kier molecular flexibility index (Phi) is 3.83. The van der Waals surface area contributed by atoms with E-state index in [1.165, 1.54) is 12.2 Å². The lowest BCUT2D eigenvalue weighted by molar-refractivity contribution is 1.47. The Morgan fingerprint density at radius 3 is 2.44 bits per heavy atom. The van der Waals surface area contributed by atoms with Crippen LogP contribution in [0.15, 0.2) is 23.8 Å². The average molecular weight is 118 g/mol. The van der Waals surface area contributed by atoms with Crippen LogP contribution in [0.25, 0.3) is 0 Å². The predicted octanol–water partition coefficient (Wildman–Crippen LogP) is 1.54. The van der Waals surface area contributed by atoms with E-state index >= 15 is 0 Å². The first kappa shape index (κ1) is 7.46. The van der Waals surface area contributed by atoms with Crippen LogP contribution in [-0.2, 0) is 0 Å². The van der Waals surface area contributed by atoms with E-state index in [0.717, 1.165) is 5.57 Å². The van der Waals surface area contributed by atoms with Gasteiger partial charge >= 0.3 is 0 Å². The number of hydrogen-bond donors (Lipinski definition) is 0. The summed E-state index contributed by atoms with van der Waals surface area (Å²) < 4.78 is 0. The molecule has 0 aromatic carbocycles. The summed E-state index contributed by atoms with van der Waals surface area (Å²) in [5.41, 5.74) is 0.791. The van der Waals surface area contributed by atoms with E-state index in [-0.39, 0.29) is 0 Å². The van der Waals surface area contributed by atoms with Crippen LogP contribution in [0, 0.1) is 22.7 Å². The van der Waals surface area contributed by atoms with Crippen LogP contribution in [-0.4, -0.2) is 0 Å². The maximum absolute atomic E-state index is 8.09. The highest BCUT2D eigenvalue weighted by atomic mass is 14.2. The minimum atomic E-state index is 0.791. The molecule has 0 radical (unpaired) electrons. The zero-order valence-corrected chi connectivity index (χ0v) is 5.13. The van der Waals surface area contributed by atoms with E-state index in [4.69, 9.17) is 10.5 Å². The molecule has 0 heterocycles. The molecule has 0 aromatic rings. The van der Waals surface area contributed by atoms with Gasteiger partial charge in [0.25, 0.3) is 0 Å². The van der Waals surface area contributed by atoms with E-state index in [1.807, 2.05) is 12.1 Å². The van der Waals surface area contributed by atoms with Crippen molar-refractivity contribution in [3.63, 3.8) is 0 Å². The standard InChI is InChI=1S/C7H6N2/c1-7(4-6-9)3-2-5-8/h2-4H,1H3/b3-2-,7-4+. The summed E-state index contributed by atoms with van der Waals surface area (Å²) in [5, 5.41) is 16.1. The quantitative estimate of drug-likeness (QED) is 0.387. The van der Waals surface area contributed by atoms with Gasteiger partial charge in [-0.2, -0.15) is 10.5 Å². The third-order valence-corrected chi connectivity index (χ3v) is 0.713. The Morgan fingerprint density at radius 1 is 1.33 bits per heavy atom. The van der Waals surface area contributed by atoms with Gasteiger partial charge in [0.15, 0.2) is 0 Å². The van der Waals surface area contributed by atoms with Crippen LogP contribution in [0.5, 0.6) is 0 Å². The lowest BCUT2D eigenvalue weighted by Gasteiger charge is -1.78. The summed E-state index contributed by atoms with van der Waals surface area (Å²) in [5.74, 6) is 0. The maximum atomic E-state index is 8.09. The van der Waals surface area contributed by atoms with Gasteiger partial charge in [0.05, 0.1) is 12.1 Å². The largest absolute Gasteiger partial charge is 0.193 e. The molecule has 0 aliphatic carbocycles. The lowest BCUT2D eigenvalue weighted by atomic mass is 10.3. The number of allylic oxidation sites excluding steroid dienone is 4. The Balaban J connectivity index is 3.98. The number of nitrogens with zero attached hydrogens (tertiary/aromatic N) is 2. The van der Waals surface area contributed by atoms with Gasteiger partial charge in [-0.05, 0) is 18.6 Å². The molecule has 0 N–H and O–H groups in total. The SMILES string of the molecule is CC(/C=C\C#N)=C\C#N. The molecule has 0 spiro atoms. The zero-order chi connectivity index (χ0) is 7.11. The van der Waals surface area contributed by atoms with Crippen molar-refractivity contribution in [2.24, 2.45) is 0 Å². The first-order chi connectivity index (χ1) is 4.31. The van der Waals surface area contributed by atoms with Gasteiger partial charge in [-0.3, -0.25) is 0 Å². The fourth-order valence-corrected chi connectivity index (χ4v) is 0.319. The second kappa shape index (κ2) is 4.61. The molecule has 0 aliphatic heterocycles. The maximum Gasteiger partial charge on any atom is 0.0914 e. The third kappa shape index (κ3) is 4.31. The first-order valence-corrected chi connectivity index (χ1v) is 2.44. The molecular weight excluding hydrogens is 112 g/mol. The molecule has 0 bridgehead atoms. The molecule has 2 heteroatoms. The van der Waals surface area contributed by atoms with Crippen LogP contribution in [0.4, 0.5) is 0 Å². The summed E-state index contributed by atoms with van der Waals surface area (Å²) >= 11 is 0. The highest BCUT2D eigenvalue weighted by Gasteiger charge is 1.75. The van der Waals surface area contributed by atoms with E-state index in [9.17, 15) is 0 Å². The Bertz CT molecular complexity index is 210.